The minimum absolute atomic E-state index is 0.0169. The molecule has 0 bridgehead atoms. The summed E-state index contributed by atoms with van der Waals surface area (Å²) in [5, 5.41) is 2.75. The van der Waals surface area contributed by atoms with E-state index in [2.05, 4.69) is 5.32 Å². The summed E-state index contributed by atoms with van der Waals surface area (Å²) < 4.78 is 10.5. The van der Waals surface area contributed by atoms with E-state index < -0.39 is 17.6 Å². The maximum Gasteiger partial charge on any atom is 0.329 e. The lowest BCUT2D eigenvalue weighted by Crippen LogP contribution is -2.47. The third-order valence-corrected chi connectivity index (χ3v) is 3.15. The number of furan rings is 1. The van der Waals surface area contributed by atoms with Crippen molar-refractivity contribution in [2.75, 3.05) is 0 Å². The number of rotatable bonds is 5. The molecule has 0 aliphatic carbocycles. The highest BCUT2D eigenvalue weighted by Gasteiger charge is 2.30. The molecular formula is C16H25NO4. The molecule has 0 aliphatic rings. The Balaban J connectivity index is 2.83. The maximum absolute atomic E-state index is 12.3. The second-order valence-corrected chi connectivity index (χ2v) is 6.32. The molecule has 0 aliphatic heterocycles. The van der Waals surface area contributed by atoms with Crippen LogP contribution in [0.25, 0.3) is 0 Å². The lowest BCUT2D eigenvalue weighted by Gasteiger charge is -2.27. The van der Waals surface area contributed by atoms with E-state index >= 15 is 0 Å². The third-order valence-electron chi connectivity index (χ3n) is 3.15. The molecule has 1 N–H and O–H groups in total. The summed E-state index contributed by atoms with van der Waals surface area (Å²) in [4.78, 5) is 24.5. The van der Waals surface area contributed by atoms with Crippen LogP contribution in [0.15, 0.2) is 16.7 Å². The summed E-state index contributed by atoms with van der Waals surface area (Å²) in [6.07, 6.45) is 2.14. The second kappa shape index (κ2) is 6.78. The Morgan fingerprint density at radius 2 is 2.00 bits per heavy atom. The first kappa shape index (κ1) is 17.3. The van der Waals surface area contributed by atoms with Crippen LogP contribution in [-0.4, -0.2) is 23.5 Å². The van der Waals surface area contributed by atoms with Crippen LogP contribution in [-0.2, 0) is 9.53 Å². The van der Waals surface area contributed by atoms with E-state index in [1.807, 2.05) is 13.8 Å². The molecule has 0 saturated carbocycles. The van der Waals surface area contributed by atoms with Crippen molar-refractivity contribution < 1.29 is 18.7 Å². The average Bonchev–Trinajstić information content (AvgIpc) is 2.79. The number of ether oxygens (including phenoxy) is 1. The molecule has 21 heavy (non-hydrogen) atoms. The zero-order chi connectivity index (χ0) is 16.2. The van der Waals surface area contributed by atoms with Crippen molar-refractivity contribution in [3.05, 3.63) is 23.7 Å². The van der Waals surface area contributed by atoms with Crippen molar-refractivity contribution in [3.63, 3.8) is 0 Å². The Labute approximate surface area is 126 Å². The second-order valence-electron chi connectivity index (χ2n) is 6.32. The molecule has 1 aromatic heterocycles. The van der Waals surface area contributed by atoms with Crippen LogP contribution in [0.5, 0.6) is 0 Å². The quantitative estimate of drug-likeness (QED) is 0.848. The molecule has 0 fully saturated rings. The summed E-state index contributed by atoms with van der Waals surface area (Å²) in [5.41, 5.74) is -0.177. The van der Waals surface area contributed by atoms with Gasteiger partial charge >= 0.3 is 5.97 Å². The van der Waals surface area contributed by atoms with Crippen molar-refractivity contribution in [3.8, 4) is 0 Å². The van der Waals surface area contributed by atoms with E-state index in [0.717, 1.165) is 6.42 Å². The molecule has 1 heterocycles. The molecule has 1 rings (SSSR count). The summed E-state index contributed by atoms with van der Waals surface area (Å²) in [5.74, 6) is -0.109. The minimum atomic E-state index is -0.670. The first-order valence-electron chi connectivity index (χ1n) is 7.23. The normalized spacial score (nSPS) is 14.4. The SMILES string of the molecule is CC[C@H](C)[C@H](NC(=O)c1coc(C)c1)C(=O)OC(C)(C)C. The fraction of sp³-hybridized carbons (Fsp3) is 0.625. The molecule has 0 saturated heterocycles. The number of amides is 1. The minimum Gasteiger partial charge on any atom is -0.469 e. The third kappa shape index (κ3) is 5.25. The molecule has 0 aromatic carbocycles. The number of esters is 1. The average molecular weight is 295 g/mol. The topological polar surface area (TPSA) is 68.5 Å². The van der Waals surface area contributed by atoms with E-state index in [1.165, 1.54) is 6.26 Å². The number of nitrogens with one attached hydrogen (secondary N) is 1. The van der Waals surface area contributed by atoms with Gasteiger partial charge in [-0.3, -0.25) is 4.79 Å². The summed E-state index contributed by atoms with van der Waals surface area (Å²) in [6, 6.07) is 0.967. The van der Waals surface area contributed by atoms with Gasteiger partial charge in [-0.2, -0.15) is 0 Å². The number of hydrogen-bond acceptors (Lipinski definition) is 4. The monoisotopic (exact) mass is 295 g/mol. The number of carbonyl (C=O) groups is 2. The van der Waals surface area contributed by atoms with Crippen LogP contribution >= 0.6 is 0 Å². The van der Waals surface area contributed by atoms with Crippen molar-refractivity contribution in [1.29, 1.82) is 0 Å². The summed E-state index contributed by atoms with van der Waals surface area (Å²) >= 11 is 0. The largest absolute Gasteiger partial charge is 0.469 e. The van der Waals surface area contributed by atoms with Crippen LogP contribution in [0, 0.1) is 12.8 Å². The van der Waals surface area contributed by atoms with Crippen LogP contribution in [0.2, 0.25) is 0 Å². The van der Waals surface area contributed by atoms with E-state index in [0.29, 0.717) is 11.3 Å². The zero-order valence-electron chi connectivity index (χ0n) is 13.6. The van der Waals surface area contributed by atoms with Gasteiger partial charge in [0.1, 0.15) is 23.7 Å². The van der Waals surface area contributed by atoms with Gasteiger partial charge < -0.3 is 14.5 Å². The van der Waals surface area contributed by atoms with E-state index in [1.54, 1.807) is 33.8 Å². The molecule has 5 heteroatoms. The van der Waals surface area contributed by atoms with Crippen molar-refractivity contribution >= 4 is 11.9 Å². The van der Waals surface area contributed by atoms with Crippen LogP contribution in [0.1, 0.15) is 57.2 Å². The van der Waals surface area contributed by atoms with E-state index in [-0.39, 0.29) is 11.8 Å². The Morgan fingerprint density at radius 3 is 2.43 bits per heavy atom. The Morgan fingerprint density at radius 1 is 1.38 bits per heavy atom. The van der Waals surface area contributed by atoms with Crippen molar-refractivity contribution in [1.82, 2.24) is 5.32 Å². The Bertz CT molecular complexity index is 499. The van der Waals surface area contributed by atoms with Gasteiger partial charge in [0.25, 0.3) is 5.91 Å². The molecule has 1 amide bonds. The first-order chi connectivity index (χ1) is 9.64. The fourth-order valence-corrected chi connectivity index (χ4v) is 1.82. The van der Waals surface area contributed by atoms with Gasteiger partial charge in [-0.15, -0.1) is 0 Å². The molecule has 0 spiro atoms. The fourth-order valence-electron chi connectivity index (χ4n) is 1.82. The molecule has 0 unspecified atom stereocenters. The van der Waals surface area contributed by atoms with Crippen molar-refractivity contribution in [2.24, 2.45) is 5.92 Å². The number of aryl methyl sites for hydroxylation is 1. The highest BCUT2D eigenvalue weighted by Crippen LogP contribution is 2.16. The standard InChI is InChI=1S/C16H25NO4/c1-7-10(2)13(15(19)21-16(4,5)6)17-14(18)12-8-11(3)20-9-12/h8-10,13H,7H2,1-6H3,(H,17,18)/t10-,13-/m0/s1. The Kier molecular flexibility index (Phi) is 5.58. The molecule has 5 nitrogen and oxygen atoms in total. The number of hydrogen-bond donors (Lipinski definition) is 1. The lowest BCUT2D eigenvalue weighted by molar-refractivity contribution is -0.158. The molecule has 2 atom stereocenters. The molecular weight excluding hydrogens is 270 g/mol. The van der Waals surface area contributed by atoms with Crippen LogP contribution in [0.4, 0.5) is 0 Å². The van der Waals surface area contributed by atoms with Crippen molar-refractivity contribution in [2.45, 2.75) is 59.6 Å². The molecule has 118 valence electrons. The zero-order valence-corrected chi connectivity index (χ0v) is 13.6. The Hall–Kier alpha value is -1.78. The van der Waals surface area contributed by atoms with Gasteiger partial charge in [0, 0.05) is 0 Å². The molecule has 1 aromatic rings. The van der Waals surface area contributed by atoms with Gasteiger partial charge in [0.05, 0.1) is 5.56 Å². The van der Waals surface area contributed by atoms with E-state index in [4.69, 9.17) is 9.15 Å². The smallest absolute Gasteiger partial charge is 0.329 e. The predicted octanol–water partition coefficient (Wildman–Crippen LogP) is 3.07. The maximum atomic E-state index is 12.3. The lowest BCUT2D eigenvalue weighted by atomic mass is 9.98. The van der Waals surface area contributed by atoms with Gasteiger partial charge in [0.15, 0.2) is 0 Å². The number of carbonyl (C=O) groups excluding carboxylic acids is 2. The van der Waals surface area contributed by atoms with Gasteiger partial charge in [-0.25, -0.2) is 4.79 Å². The summed E-state index contributed by atoms with van der Waals surface area (Å²) in [7, 11) is 0. The van der Waals surface area contributed by atoms with Crippen LogP contribution < -0.4 is 5.32 Å². The first-order valence-corrected chi connectivity index (χ1v) is 7.23. The van der Waals surface area contributed by atoms with E-state index in [9.17, 15) is 9.59 Å². The van der Waals surface area contributed by atoms with Crippen LogP contribution in [0.3, 0.4) is 0 Å². The highest BCUT2D eigenvalue weighted by atomic mass is 16.6. The summed E-state index contributed by atoms with van der Waals surface area (Å²) in [6.45, 7) is 11.1. The predicted molar refractivity (Wildman–Crippen MR) is 80.0 cm³/mol. The van der Waals surface area contributed by atoms with Gasteiger partial charge in [-0.05, 0) is 39.7 Å². The van der Waals surface area contributed by atoms with Gasteiger partial charge in [-0.1, -0.05) is 20.3 Å². The highest BCUT2D eigenvalue weighted by molar-refractivity contribution is 5.96. The van der Waals surface area contributed by atoms with Gasteiger partial charge in [0.2, 0.25) is 0 Å². The molecule has 0 radical (unpaired) electrons.